The van der Waals surface area contributed by atoms with E-state index in [0.29, 0.717) is 12.0 Å². The zero-order chi connectivity index (χ0) is 13.1. The Bertz CT molecular complexity index is 385. The highest BCUT2D eigenvalue weighted by molar-refractivity contribution is 4.97. The van der Waals surface area contributed by atoms with Gasteiger partial charge in [0.15, 0.2) is 5.82 Å². The average Bonchev–Trinajstić information content (AvgIpc) is 2.81. The topological polar surface area (TPSA) is 56.7 Å². The van der Waals surface area contributed by atoms with Crippen LogP contribution in [-0.4, -0.2) is 21.3 Å². The highest BCUT2D eigenvalue weighted by Gasteiger charge is 2.31. The maximum atomic E-state index is 5.95. The van der Waals surface area contributed by atoms with Crippen molar-refractivity contribution in [2.75, 3.05) is 6.54 Å². The van der Waals surface area contributed by atoms with E-state index in [4.69, 9.17) is 10.8 Å². The van der Waals surface area contributed by atoms with Gasteiger partial charge in [-0.2, -0.15) is 5.10 Å². The first-order chi connectivity index (χ1) is 8.69. The molecule has 3 unspecified atom stereocenters. The molecule has 1 fully saturated rings. The first-order valence-corrected chi connectivity index (χ1v) is 7.33. The van der Waals surface area contributed by atoms with Gasteiger partial charge in [-0.05, 0) is 31.2 Å². The number of nitrogens with zero attached hydrogens (tertiary/aromatic N) is 3. The predicted octanol–water partition coefficient (Wildman–Crippen LogP) is 2.34. The Balaban J connectivity index is 2.29. The number of rotatable bonds is 4. The van der Waals surface area contributed by atoms with Crippen LogP contribution < -0.4 is 5.73 Å². The van der Waals surface area contributed by atoms with Crippen LogP contribution in [0.15, 0.2) is 0 Å². The molecule has 1 aliphatic carbocycles. The van der Waals surface area contributed by atoms with Crippen LogP contribution in [0.25, 0.3) is 0 Å². The molecule has 0 saturated heterocycles. The van der Waals surface area contributed by atoms with Gasteiger partial charge in [0.2, 0.25) is 0 Å². The molecule has 1 aliphatic rings. The van der Waals surface area contributed by atoms with E-state index in [1.165, 1.54) is 19.3 Å². The zero-order valence-corrected chi connectivity index (χ0v) is 11.9. The summed E-state index contributed by atoms with van der Waals surface area (Å²) in [5.41, 5.74) is 5.95. The monoisotopic (exact) mass is 250 g/mol. The highest BCUT2D eigenvalue weighted by atomic mass is 15.4. The number of hydrogen-bond donors (Lipinski definition) is 1. The second kappa shape index (κ2) is 5.83. The molecule has 3 atom stereocenters. The lowest BCUT2D eigenvalue weighted by Crippen LogP contribution is -2.33. The Kier molecular flexibility index (Phi) is 4.38. The molecular weight excluding hydrogens is 224 g/mol. The van der Waals surface area contributed by atoms with Crippen LogP contribution in [0.5, 0.6) is 0 Å². The second-order valence-corrected chi connectivity index (χ2v) is 5.58. The maximum Gasteiger partial charge on any atom is 0.150 e. The Morgan fingerprint density at radius 2 is 2.06 bits per heavy atom. The van der Waals surface area contributed by atoms with Gasteiger partial charge in [0.25, 0.3) is 0 Å². The summed E-state index contributed by atoms with van der Waals surface area (Å²) >= 11 is 0. The number of nitrogens with two attached hydrogens (primary N) is 1. The summed E-state index contributed by atoms with van der Waals surface area (Å²) in [6.45, 7) is 7.37. The Morgan fingerprint density at radius 3 is 2.67 bits per heavy atom. The minimum atomic E-state index is 0.460. The fourth-order valence-corrected chi connectivity index (χ4v) is 3.05. The van der Waals surface area contributed by atoms with E-state index in [9.17, 15) is 0 Å². The van der Waals surface area contributed by atoms with E-state index in [2.05, 4.69) is 30.4 Å². The summed E-state index contributed by atoms with van der Waals surface area (Å²) in [5.74, 6) is 3.44. The van der Waals surface area contributed by atoms with Gasteiger partial charge in [-0.15, -0.1) is 0 Å². The first-order valence-electron chi connectivity index (χ1n) is 7.33. The molecule has 1 aromatic rings. The summed E-state index contributed by atoms with van der Waals surface area (Å²) in [4.78, 5) is 4.63. The van der Waals surface area contributed by atoms with Crippen LogP contribution in [0.1, 0.15) is 57.7 Å². The summed E-state index contributed by atoms with van der Waals surface area (Å²) in [6, 6.07) is 0.460. The number of hydrogen-bond acceptors (Lipinski definition) is 3. The lowest BCUT2D eigenvalue weighted by Gasteiger charge is -2.34. The van der Waals surface area contributed by atoms with E-state index in [1.807, 2.05) is 0 Å². The van der Waals surface area contributed by atoms with Crippen LogP contribution >= 0.6 is 0 Å². The van der Waals surface area contributed by atoms with Crippen molar-refractivity contribution in [1.82, 2.24) is 14.8 Å². The molecule has 0 aliphatic heterocycles. The van der Waals surface area contributed by atoms with Crippen molar-refractivity contribution < 1.29 is 0 Å². The third-order valence-electron chi connectivity index (χ3n) is 4.21. The van der Waals surface area contributed by atoms with E-state index in [-0.39, 0.29) is 0 Å². The molecule has 4 nitrogen and oxygen atoms in total. The third kappa shape index (κ3) is 2.58. The second-order valence-electron chi connectivity index (χ2n) is 5.58. The Hall–Kier alpha value is -0.900. The molecule has 2 N–H and O–H groups in total. The van der Waals surface area contributed by atoms with Gasteiger partial charge in [-0.25, -0.2) is 9.67 Å². The van der Waals surface area contributed by atoms with E-state index >= 15 is 0 Å². The van der Waals surface area contributed by atoms with Crippen LogP contribution in [0.3, 0.4) is 0 Å². The molecule has 0 bridgehead atoms. The number of aryl methyl sites for hydroxylation is 2. The quantitative estimate of drug-likeness (QED) is 0.892. The van der Waals surface area contributed by atoms with Gasteiger partial charge in [-0.3, -0.25) is 0 Å². The molecule has 1 heterocycles. The molecular formula is C14H26N4. The SMILES string of the molecule is CCc1nc(CC)n(C2CC(C)CCC2CN)n1. The van der Waals surface area contributed by atoms with Crippen molar-refractivity contribution in [1.29, 1.82) is 0 Å². The lowest BCUT2D eigenvalue weighted by atomic mass is 9.79. The standard InChI is InChI=1S/C14H26N4/c1-4-13-16-14(5-2)18(17-13)12-8-10(3)6-7-11(12)9-15/h10-12H,4-9,15H2,1-3H3. The van der Waals surface area contributed by atoms with Gasteiger partial charge < -0.3 is 5.73 Å². The van der Waals surface area contributed by atoms with Gasteiger partial charge in [-0.1, -0.05) is 27.2 Å². The van der Waals surface area contributed by atoms with Gasteiger partial charge in [0.1, 0.15) is 5.82 Å². The van der Waals surface area contributed by atoms with E-state index < -0.39 is 0 Å². The molecule has 18 heavy (non-hydrogen) atoms. The molecule has 4 heteroatoms. The molecule has 2 rings (SSSR count). The predicted molar refractivity (Wildman–Crippen MR) is 73.4 cm³/mol. The fourth-order valence-electron chi connectivity index (χ4n) is 3.05. The molecule has 0 amide bonds. The molecule has 0 aromatic carbocycles. The largest absolute Gasteiger partial charge is 0.330 e. The Morgan fingerprint density at radius 1 is 1.28 bits per heavy atom. The zero-order valence-electron chi connectivity index (χ0n) is 11.9. The van der Waals surface area contributed by atoms with Crippen molar-refractivity contribution in [3.8, 4) is 0 Å². The highest BCUT2D eigenvalue weighted by Crippen LogP contribution is 2.36. The molecule has 0 spiro atoms. The van der Waals surface area contributed by atoms with Crippen LogP contribution in [0.2, 0.25) is 0 Å². The normalized spacial score (nSPS) is 28.6. The van der Waals surface area contributed by atoms with Crippen molar-refractivity contribution in [2.24, 2.45) is 17.6 Å². The molecule has 1 saturated carbocycles. The van der Waals surface area contributed by atoms with E-state index in [1.54, 1.807) is 0 Å². The first kappa shape index (κ1) is 13.5. The Labute approximate surface area is 110 Å². The molecule has 0 radical (unpaired) electrons. The summed E-state index contributed by atoms with van der Waals surface area (Å²) in [7, 11) is 0. The molecule has 102 valence electrons. The lowest BCUT2D eigenvalue weighted by molar-refractivity contribution is 0.181. The summed E-state index contributed by atoms with van der Waals surface area (Å²) in [6.07, 6.45) is 5.59. The third-order valence-corrected chi connectivity index (χ3v) is 4.21. The van der Waals surface area contributed by atoms with Crippen molar-refractivity contribution >= 4 is 0 Å². The minimum Gasteiger partial charge on any atom is -0.330 e. The van der Waals surface area contributed by atoms with Gasteiger partial charge in [0.05, 0.1) is 6.04 Å². The van der Waals surface area contributed by atoms with Crippen LogP contribution in [-0.2, 0) is 12.8 Å². The summed E-state index contributed by atoms with van der Waals surface area (Å²) in [5, 5.41) is 4.71. The van der Waals surface area contributed by atoms with Gasteiger partial charge >= 0.3 is 0 Å². The maximum absolute atomic E-state index is 5.95. The van der Waals surface area contributed by atoms with Gasteiger partial charge in [0, 0.05) is 12.8 Å². The fraction of sp³-hybridized carbons (Fsp3) is 0.857. The van der Waals surface area contributed by atoms with Crippen molar-refractivity contribution in [3.63, 3.8) is 0 Å². The van der Waals surface area contributed by atoms with E-state index in [0.717, 1.165) is 37.0 Å². The average molecular weight is 250 g/mol. The molecule has 1 aromatic heterocycles. The summed E-state index contributed by atoms with van der Waals surface area (Å²) < 4.78 is 2.19. The smallest absolute Gasteiger partial charge is 0.150 e. The van der Waals surface area contributed by atoms with Crippen LogP contribution in [0, 0.1) is 11.8 Å². The van der Waals surface area contributed by atoms with Crippen LogP contribution in [0.4, 0.5) is 0 Å². The number of aromatic nitrogens is 3. The van der Waals surface area contributed by atoms with Crippen molar-refractivity contribution in [2.45, 2.75) is 58.9 Å². The minimum absolute atomic E-state index is 0.460. The van der Waals surface area contributed by atoms with Crippen molar-refractivity contribution in [3.05, 3.63) is 11.6 Å².